The zero-order valence-electron chi connectivity index (χ0n) is 18.9. The third kappa shape index (κ3) is 4.67. The Hall–Kier alpha value is -3.99. The summed E-state index contributed by atoms with van der Waals surface area (Å²) in [4.78, 5) is 43.5. The lowest BCUT2D eigenvalue weighted by Crippen LogP contribution is -2.41. The Balaban J connectivity index is 1.85. The van der Waals surface area contributed by atoms with E-state index in [1.165, 1.54) is 28.6 Å². The first-order chi connectivity index (χ1) is 16.6. The Morgan fingerprint density at radius 3 is 2.46 bits per heavy atom. The molecule has 0 saturated carbocycles. The molecule has 0 bridgehead atoms. The Bertz CT molecular complexity index is 1520. The number of alkyl halides is 3. The topological polar surface area (TPSA) is 88.1 Å². The van der Waals surface area contributed by atoms with Crippen LogP contribution in [0.2, 0.25) is 0 Å². The van der Waals surface area contributed by atoms with Gasteiger partial charge in [0.15, 0.2) is 16.9 Å². The highest BCUT2D eigenvalue weighted by atomic mass is 19.4. The van der Waals surface area contributed by atoms with Gasteiger partial charge in [0.05, 0.1) is 37.3 Å². The number of benzene rings is 2. The summed E-state index contributed by atoms with van der Waals surface area (Å²) in [7, 11) is 1.43. The van der Waals surface area contributed by atoms with Gasteiger partial charge in [-0.2, -0.15) is 13.2 Å². The summed E-state index contributed by atoms with van der Waals surface area (Å²) < 4.78 is 47.7. The minimum absolute atomic E-state index is 0.0263. The molecule has 182 valence electrons. The Morgan fingerprint density at radius 1 is 1.09 bits per heavy atom. The van der Waals surface area contributed by atoms with E-state index in [1.807, 2.05) is 6.92 Å². The average Bonchev–Trinajstić information content (AvgIpc) is 3.23. The van der Waals surface area contributed by atoms with Gasteiger partial charge >= 0.3 is 11.9 Å². The van der Waals surface area contributed by atoms with Crippen molar-refractivity contribution in [3.8, 4) is 5.69 Å². The van der Waals surface area contributed by atoms with Gasteiger partial charge in [-0.3, -0.25) is 14.2 Å². The number of halogens is 3. The summed E-state index contributed by atoms with van der Waals surface area (Å²) in [5, 5.41) is 0. The van der Waals surface area contributed by atoms with Gasteiger partial charge in [-0.15, -0.1) is 0 Å². The van der Waals surface area contributed by atoms with E-state index in [0.717, 1.165) is 28.3 Å². The van der Waals surface area contributed by atoms with Crippen LogP contribution in [0.4, 0.5) is 13.2 Å². The molecule has 11 heteroatoms. The zero-order valence-corrected chi connectivity index (χ0v) is 18.9. The molecule has 2 aromatic heterocycles. The first-order valence-electron chi connectivity index (χ1n) is 10.6. The number of aryl methyl sites for hydroxylation is 1. The van der Waals surface area contributed by atoms with Crippen LogP contribution in [0.15, 0.2) is 64.4 Å². The molecule has 0 fully saturated rings. The molecule has 0 aliphatic rings. The number of hydrogen-bond acceptors (Lipinski definition) is 5. The predicted molar refractivity (Wildman–Crippen MR) is 122 cm³/mol. The van der Waals surface area contributed by atoms with Crippen molar-refractivity contribution in [1.29, 1.82) is 0 Å². The van der Waals surface area contributed by atoms with Crippen LogP contribution >= 0.6 is 0 Å². The number of imidazole rings is 1. The molecular weight excluding hydrogens is 465 g/mol. The molecule has 0 saturated heterocycles. The van der Waals surface area contributed by atoms with Crippen molar-refractivity contribution in [2.24, 2.45) is 0 Å². The lowest BCUT2D eigenvalue weighted by Gasteiger charge is -2.13. The van der Waals surface area contributed by atoms with Gasteiger partial charge in [-0.05, 0) is 31.2 Å². The number of ketones is 1. The van der Waals surface area contributed by atoms with Crippen molar-refractivity contribution in [1.82, 2.24) is 18.7 Å². The highest BCUT2D eigenvalue weighted by molar-refractivity contribution is 5.96. The SMILES string of the molecule is COCCn1c(=O)c2c(ncn2CC(=O)c2cccc(C(F)(F)F)c2)n(-c2ccc(C)cc2)c1=O. The van der Waals surface area contributed by atoms with Crippen LogP contribution in [-0.2, 0) is 24.0 Å². The number of aromatic nitrogens is 4. The standard InChI is InChI=1S/C24H21F3N4O4/c1-15-6-8-18(9-7-15)31-21-20(22(33)30(23(31)34)10-11-35-2)29(14-28-21)13-19(32)16-4-3-5-17(12-16)24(25,26)27/h3-9,12,14H,10-11,13H2,1-2H3. The smallest absolute Gasteiger partial charge is 0.383 e. The summed E-state index contributed by atoms with van der Waals surface area (Å²) in [6.45, 7) is 1.49. The maximum Gasteiger partial charge on any atom is 0.416 e. The van der Waals surface area contributed by atoms with Crippen LogP contribution in [0, 0.1) is 6.92 Å². The molecule has 0 aliphatic heterocycles. The molecule has 0 radical (unpaired) electrons. The quantitative estimate of drug-likeness (QED) is 0.375. The Morgan fingerprint density at radius 2 is 1.80 bits per heavy atom. The minimum Gasteiger partial charge on any atom is -0.383 e. The van der Waals surface area contributed by atoms with Gasteiger partial charge in [-0.25, -0.2) is 14.3 Å². The van der Waals surface area contributed by atoms with Gasteiger partial charge < -0.3 is 9.30 Å². The van der Waals surface area contributed by atoms with Crippen LogP contribution in [-0.4, -0.2) is 38.2 Å². The number of Topliss-reactive ketones (excluding diaryl/α,β-unsaturated/α-hetero) is 1. The monoisotopic (exact) mass is 486 g/mol. The van der Waals surface area contributed by atoms with Crippen molar-refractivity contribution in [2.45, 2.75) is 26.2 Å². The molecule has 2 aromatic carbocycles. The van der Waals surface area contributed by atoms with Crippen LogP contribution in [0.3, 0.4) is 0 Å². The lowest BCUT2D eigenvalue weighted by molar-refractivity contribution is -0.137. The number of carbonyl (C=O) groups excluding carboxylic acids is 1. The largest absolute Gasteiger partial charge is 0.416 e. The number of ether oxygens (including phenoxy) is 1. The predicted octanol–water partition coefficient (Wildman–Crippen LogP) is 3.21. The second-order valence-corrected chi connectivity index (χ2v) is 7.95. The van der Waals surface area contributed by atoms with Crippen LogP contribution in [0.5, 0.6) is 0 Å². The van der Waals surface area contributed by atoms with E-state index in [4.69, 9.17) is 4.74 Å². The molecule has 35 heavy (non-hydrogen) atoms. The minimum atomic E-state index is -4.60. The molecule has 2 heterocycles. The Kier molecular flexibility index (Phi) is 6.44. The molecule has 0 atom stereocenters. The first kappa shape index (κ1) is 24.1. The molecule has 0 unspecified atom stereocenters. The maximum atomic E-state index is 13.3. The van der Waals surface area contributed by atoms with Gasteiger partial charge in [0.25, 0.3) is 5.56 Å². The third-order valence-electron chi connectivity index (χ3n) is 5.54. The van der Waals surface area contributed by atoms with E-state index in [2.05, 4.69) is 4.98 Å². The van der Waals surface area contributed by atoms with Crippen molar-refractivity contribution >= 4 is 16.9 Å². The molecule has 4 aromatic rings. The average molecular weight is 486 g/mol. The number of nitrogens with zero attached hydrogens (tertiary/aromatic N) is 4. The number of fused-ring (bicyclic) bond motifs is 1. The zero-order chi connectivity index (χ0) is 25.3. The summed E-state index contributed by atoms with van der Waals surface area (Å²) in [6.07, 6.45) is -3.38. The van der Waals surface area contributed by atoms with Crippen LogP contribution in [0.25, 0.3) is 16.9 Å². The van der Waals surface area contributed by atoms with Crippen molar-refractivity contribution < 1.29 is 22.7 Å². The normalized spacial score (nSPS) is 11.8. The van der Waals surface area contributed by atoms with Crippen molar-refractivity contribution in [2.75, 3.05) is 13.7 Å². The van der Waals surface area contributed by atoms with Crippen molar-refractivity contribution in [3.05, 3.63) is 92.4 Å². The summed E-state index contributed by atoms with van der Waals surface area (Å²) in [5.41, 5.74) is -0.982. The molecule has 0 amide bonds. The fourth-order valence-electron chi connectivity index (χ4n) is 3.72. The molecule has 0 N–H and O–H groups in total. The van der Waals surface area contributed by atoms with Gasteiger partial charge in [0.2, 0.25) is 0 Å². The third-order valence-corrected chi connectivity index (χ3v) is 5.54. The number of methoxy groups -OCH3 is 1. The van der Waals surface area contributed by atoms with Crippen molar-refractivity contribution in [3.63, 3.8) is 0 Å². The highest BCUT2D eigenvalue weighted by Crippen LogP contribution is 2.29. The van der Waals surface area contributed by atoms with E-state index in [-0.39, 0.29) is 29.9 Å². The van der Waals surface area contributed by atoms with Crippen LogP contribution in [0.1, 0.15) is 21.5 Å². The van der Waals surface area contributed by atoms with E-state index in [1.54, 1.807) is 24.3 Å². The fraction of sp³-hybridized carbons (Fsp3) is 0.250. The second kappa shape index (κ2) is 9.34. The van der Waals surface area contributed by atoms with E-state index in [0.29, 0.717) is 5.69 Å². The van der Waals surface area contributed by atoms with E-state index in [9.17, 15) is 27.6 Å². The number of hydrogen-bond donors (Lipinski definition) is 0. The van der Waals surface area contributed by atoms with E-state index < -0.39 is 35.3 Å². The fourth-order valence-corrected chi connectivity index (χ4v) is 3.72. The second-order valence-electron chi connectivity index (χ2n) is 7.95. The Labute approximate surface area is 196 Å². The van der Waals surface area contributed by atoms with E-state index >= 15 is 0 Å². The first-order valence-corrected chi connectivity index (χ1v) is 10.6. The van der Waals surface area contributed by atoms with Gasteiger partial charge in [0.1, 0.15) is 0 Å². The number of carbonyl (C=O) groups is 1. The highest BCUT2D eigenvalue weighted by Gasteiger charge is 2.31. The molecule has 0 spiro atoms. The number of rotatable bonds is 7. The molecule has 4 rings (SSSR count). The molecular formula is C24H21F3N4O4. The van der Waals surface area contributed by atoms with Gasteiger partial charge in [0, 0.05) is 12.7 Å². The summed E-state index contributed by atoms with van der Waals surface area (Å²) in [5.74, 6) is -0.647. The molecule has 0 aliphatic carbocycles. The lowest BCUT2D eigenvalue weighted by atomic mass is 10.1. The summed E-state index contributed by atoms with van der Waals surface area (Å²) >= 11 is 0. The molecule has 8 nitrogen and oxygen atoms in total. The van der Waals surface area contributed by atoms with Crippen LogP contribution < -0.4 is 11.2 Å². The maximum absolute atomic E-state index is 13.3. The van der Waals surface area contributed by atoms with Gasteiger partial charge in [-0.1, -0.05) is 29.8 Å². The summed E-state index contributed by atoms with van der Waals surface area (Å²) in [6, 6.07) is 11.1.